The Kier molecular flexibility index (Phi) is 6.55. The number of para-hydroxylation sites is 3. The molecule has 0 atom stereocenters. The first-order valence-corrected chi connectivity index (χ1v) is 18.1. The van der Waals surface area contributed by atoms with E-state index in [1.54, 1.807) is 0 Å². The van der Waals surface area contributed by atoms with Gasteiger partial charge in [-0.1, -0.05) is 140 Å². The minimum Gasteiger partial charge on any atom is -0.455 e. The summed E-state index contributed by atoms with van der Waals surface area (Å²) in [5, 5.41) is 9.40. The van der Waals surface area contributed by atoms with Crippen molar-refractivity contribution in [2.24, 2.45) is 0 Å². The molecule has 53 heavy (non-hydrogen) atoms. The van der Waals surface area contributed by atoms with Crippen molar-refractivity contribution >= 4 is 82.4 Å². The Bertz CT molecular complexity index is 3110. The van der Waals surface area contributed by atoms with Crippen molar-refractivity contribution in [1.29, 1.82) is 0 Å². The highest BCUT2D eigenvalue weighted by atomic mass is 16.3. The third-order valence-electron chi connectivity index (χ3n) is 10.8. The fourth-order valence-electron chi connectivity index (χ4n) is 8.33. The molecule has 3 nitrogen and oxygen atoms in total. The van der Waals surface area contributed by atoms with Gasteiger partial charge in [0.05, 0.1) is 22.4 Å². The number of anilines is 3. The first-order chi connectivity index (χ1) is 26.3. The van der Waals surface area contributed by atoms with Crippen LogP contribution < -0.4 is 4.90 Å². The van der Waals surface area contributed by atoms with Crippen molar-refractivity contribution in [3.63, 3.8) is 0 Å². The Labute approximate surface area is 306 Å². The number of furan rings is 1. The SMILES string of the molecule is c1ccc2c(N(c3ccc(-c4ccc(-n5c6ccccc6c6ccccc65)cc4)cc3)c3cc4c5ccccc5oc4c4ccccc34)cccc2c1. The van der Waals surface area contributed by atoms with Gasteiger partial charge < -0.3 is 13.9 Å². The van der Waals surface area contributed by atoms with Gasteiger partial charge in [0.2, 0.25) is 0 Å². The van der Waals surface area contributed by atoms with Gasteiger partial charge in [-0.05, 0) is 71.1 Å². The smallest absolute Gasteiger partial charge is 0.143 e. The second-order valence-electron chi connectivity index (χ2n) is 13.7. The monoisotopic (exact) mass is 676 g/mol. The van der Waals surface area contributed by atoms with Gasteiger partial charge >= 0.3 is 0 Å². The van der Waals surface area contributed by atoms with Gasteiger partial charge in [0.1, 0.15) is 11.2 Å². The van der Waals surface area contributed by atoms with Gasteiger partial charge in [-0.3, -0.25) is 0 Å². The Balaban J connectivity index is 1.06. The molecule has 0 aliphatic rings. The largest absolute Gasteiger partial charge is 0.455 e. The highest BCUT2D eigenvalue weighted by molar-refractivity contribution is 6.20. The molecule has 2 heterocycles. The summed E-state index contributed by atoms with van der Waals surface area (Å²) in [6.45, 7) is 0. The maximum Gasteiger partial charge on any atom is 0.143 e. The minimum absolute atomic E-state index is 0.898. The van der Waals surface area contributed by atoms with E-state index in [9.17, 15) is 0 Å². The van der Waals surface area contributed by atoms with Crippen LogP contribution in [0.15, 0.2) is 199 Å². The van der Waals surface area contributed by atoms with E-state index in [2.05, 4.69) is 198 Å². The van der Waals surface area contributed by atoms with Crippen LogP contribution in [0.4, 0.5) is 17.1 Å². The summed E-state index contributed by atoms with van der Waals surface area (Å²) < 4.78 is 8.87. The van der Waals surface area contributed by atoms with Crippen molar-refractivity contribution in [2.75, 3.05) is 4.90 Å². The topological polar surface area (TPSA) is 21.3 Å². The zero-order valence-corrected chi connectivity index (χ0v) is 28.8. The van der Waals surface area contributed by atoms with E-state index >= 15 is 0 Å². The Morgan fingerprint density at radius 2 is 0.925 bits per heavy atom. The first-order valence-electron chi connectivity index (χ1n) is 18.1. The molecule has 0 saturated carbocycles. The van der Waals surface area contributed by atoms with Crippen LogP contribution in [0.2, 0.25) is 0 Å². The molecule has 0 bridgehead atoms. The fourth-order valence-corrected chi connectivity index (χ4v) is 8.33. The second-order valence-corrected chi connectivity index (χ2v) is 13.7. The lowest BCUT2D eigenvalue weighted by molar-refractivity contribution is 0.672. The lowest BCUT2D eigenvalue weighted by Crippen LogP contribution is -2.11. The number of aromatic nitrogens is 1. The Morgan fingerprint density at radius 3 is 1.64 bits per heavy atom. The van der Waals surface area contributed by atoms with Gasteiger partial charge in [0.25, 0.3) is 0 Å². The number of fused-ring (bicyclic) bond motifs is 9. The standard InChI is InChI=1S/C50H32N2O/c1-2-14-38-35(12-1)13-11-22-45(38)52(48-32-44-42-18-7-10-23-49(42)53-50(44)43-19-4-3-17-41(43)48)37-30-26-34(27-31-37)33-24-28-36(29-25-33)51-46-20-8-5-15-39(46)40-16-6-9-21-47(40)51/h1-32H. The van der Waals surface area contributed by atoms with E-state index in [1.165, 1.54) is 43.7 Å². The molecule has 11 rings (SSSR count). The molecule has 0 saturated heterocycles. The van der Waals surface area contributed by atoms with E-state index in [4.69, 9.17) is 4.42 Å². The van der Waals surface area contributed by atoms with E-state index < -0.39 is 0 Å². The molecule has 11 aromatic rings. The van der Waals surface area contributed by atoms with Crippen molar-refractivity contribution in [2.45, 2.75) is 0 Å². The summed E-state index contributed by atoms with van der Waals surface area (Å²) in [5.41, 5.74) is 11.1. The fraction of sp³-hybridized carbons (Fsp3) is 0. The molecule has 0 radical (unpaired) electrons. The van der Waals surface area contributed by atoms with Crippen LogP contribution in [0.3, 0.4) is 0 Å². The summed E-state index contributed by atoms with van der Waals surface area (Å²) in [4.78, 5) is 2.42. The molecule has 0 unspecified atom stereocenters. The Hall–Kier alpha value is -7.10. The predicted octanol–water partition coefficient (Wildman–Crippen LogP) is 14.1. The number of rotatable bonds is 5. The lowest BCUT2D eigenvalue weighted by Gasteiger charge is -2.28. The van der Waals surface area contributed by atoms with Crippen LogP contribution >= 0.6 is 0 Å². The van der Waals surface area contributed by atoms with Crippen molar-refractivity contribution in [3.8, 4) is 16.8 Å². The molecule has 0 fully saturated rings. The van der Waals surface area contributed by atoms with Crippen molar-refractivity contribution < 1.29 is 4.42 Å². The van der Waals surface area contributed by atoms with Gasteiger partial charge in [0.15, 0.2) is 0 Å². The van der Waals surface area contributed by atoms with E-state index in [0.29, 0.717) is 0 Å². The first kappa shape index (κ1) is 29.6. The summed E-state index contributed by atoms with van der Waals surface area (Å²) in [6.07, 6.45) is 0. The maximum absolute atomic E-state index is 6.50. The molecule has 3 heteroatoms. The molecule has 2 aromatic heterocycles. The third-order valence-corrected chi connectivity index (χ3v) is 10.8. The van der Waals surface area contributed by atoms with Gasteiger partial charge in [-0.15, -0.1) is 0 Å². The van der Waals surface area contributed by atoms with Crippen LogP contribution in [0, 0.1) is 0 Å². The highest BCUT2D eigenvalue weighted by Gasteiger charge is 2.21. The summed E-state index contributed by atoms with van der Waals surface area (Å²) in [7, 11) is 0. The van der Waals surface area contributed by atoms with Crippen molar-refractivity contribution in [3.05, 3.63) is 194 Å². The van der Waals surface area contributed by atoms with Crippen LogP contribution in [0.25, 0.3) is 82.1 Å². The molecular formula is C50H32N2O. The van der Waals surface area contributed by atoms with E-state index in [0.717, 1.165) is 55.5 Å². The molecule has 0 aliphatic heterocycles. The number of nitrogens with zero attached hydrogens (tertiary/aromatic N) is 2. The van der Waals surface area contributed by atoms with Gasteiger partial charge in [-0.2, -0.15) is 0 Å². The molecule has 0 N–H and O–H groups in total. The van der Waals surface area contributed by atoms with Crippen LogP contribution in [-0.2, 0) is 0 Å². The average molecular weight is 677 g/mol. The predicted molar refractivity (Wildman–Crippen MR) is 223 cm³/mol. The average Bonchev–Trinajstić information content (AvgIpc) is 3.78. The minimum atomic E-state index is 0.898. The van der Waals surface area contributed by atoms with Gasteiger partial charge in [-0.25, -0.2) is 0 Å². The molecule has 0 amide bonds. The summed E-state index contributed by atoms with van der Waals surface area (Å²) in [6, 6.07) is 69.7. The van der Waals surface area contributed by atoms with Crippen molar-refractivity contribution in [1.82, 2.24) is 4.57 Å². The zero-order valence-electron chi connectivity index (χ0n) is 28.8. The molecule has 0 aliphatic carbocycles. The number of hydrogen-bond acceptors (Lipinski definition) is 2. The Morgan fingerprint density at radius 1 is 0.377 bits per heavy atom. The third kappa shape index (κ3) is 4.61. The highest BCUT2D eigenvalue weighted by Crippen LogP contribution is 2.46. The quantitative estimate of drug-likeness (QED) is 0.181. The number of hydrogen-bond donors (Lipinski definition) is 0. The van der Waals surface area contributed by atoms with Gasteiger partial charge in [0, 0.05) is 49.1 Å². The van der Waals surface area contributed by atoms with Crippen LogP contribution in [-0.4, -0.2) is 4.57 Å². The maximum atomic E-state index is 6.50. The molecule has 248 valence electrons. The summed E-state index contributed by atoms with van der Waals surface area (Å²) in [5.74, 6) is 0. The number of benzene rings is 9. The molecule has 0 spiro atoms. The second kappa shape index (κ2) is 11.7. The zero-order chi connectivity index (χ0) is 34.9. The van der Waals surface area contributed by atoms with E-state index in [-0.39, 0.29) is 0 Å². The summed E-state index contributed by atoms with van der Waals surface area (Å²) >= 11 is 0. The lowest BCUT2D eigenvalue weighted by atomic mass is 10.00. The van der Waals surface area contributed by atoms with E-state index in [1.807, 2.05) is 6.07 Å². The molecule has 9 aromatic carbocycles. The van der Waals surface area contributed by atoms with Crippen LogP contribution in [0.1, 0.15) is 0 Å². The normalized spacial score (nSPS) is 11.8. The molecular weight excluding hydrogens is 645 g/mol. The van der Waals surface area contributed by atoms with Crippen LogP contribution in [0.5, 0.6) is 0 Å².